The Kier molecular flexibility index (Phi) is 5.81. The zero-order chi connectivity index (χ0) is 23.9. The second kappa shape index (κ2) is 8.79. The van der Waals surface area contributed by atoms with Gasteiger partial charge in [0.2, 0.25) is 5.95 Å². The van der Waals surface area contributed by atoms with Gasteiger partial charge in [0.25, 0.3) is 0 Å². The molecule has 4 heterocycles. The van der Waals surface area contributed by atoms with Gasteiger partial charge in [-0.25, -0.2) is 9.78 Å². The molecule has 9 nitrogen and oxygen atoms in total. The van der Waals surface area contributed by atoms with Gasteiger partial charge >= 0.3 is 6.09 Å². The summed E-state index contributed by atoms with van der Waals surface area (Å²) < 4.78 is 7.69. The zero-order valence-electron chi connectivity index (χ0n) is 19.6. The first-order chi connectivity index (χ1) is 16.3. The van der Waals surface area contributed by atoms with Crippen molar-refractivity contribution < 1.29 is 9.53 Å². The Morgan fingerprint density at radius 1 is 1.00 bits per heavy atom. The van der Waals surface area contributed by atoms with E-state index in [-0.39, 0.29) is 6.09 Å². The van der Waals surface area contributed by atoms with Crippen LogP contribution in [0, 0.1) is 0 Å². The Morgan fingerprint density at radius 2 is 1.76 bits per heavy atom. The number of anilines is 2. The number of hydrogen-bond acceptors (Lipinski definition) is 7. The largest absolute Gasteiger partial charge is 0.444 e. The number of fused-ring (bicyclic) bond motifs is 3. The van der Waals surface area contributed by atoms with E-state index in [0.29, 0.717) is 23.9 Å². The van der Waals surface area contributed by atoms with Crippen LogP contribution < -0.4 is 9.80 Å². The molecule has 1 amide bonds. The lowest BCUT2D eigenvalue weighted by Crippen LogP contribution is -2.47. The van der Waals surface area contributed by atoms with E-state index in [4.69, 9.17) is 16.3 Å². The molecule has 0 radical (unpaired) electrons. The lowest BCUT2D eigenvalue weighted by molar-refractivity contribution is 0.0214. The molecular formula is C24H28ClN7O2. The molecule has 2 aliphatic heterocycles. The summed E-state index contributed by atoms with van der Waals surface area (Å²) in [7, 11) is 0. The first-order valence-electron chi connectivity index (χ1n) is 11.4. The Balaban J connectivity index is 1.45. The molecule has 5 rings (SSSR count). The Hall–Kier alpha value is -3.33. The van der Waals surface area contributed by atoms with Gasteiger partial charge in [0.15, 0.2) is 5.82 Å². The summed E-state index contributed by atoms with van der Waals surface area (Å²) in [5, 5.41) is 9.64. The van der Waals surface area contributed by atoms with E-state index in [1.807, 2.05) is 67.9 Å². The molecule has 0 bridgehead atoms. The number of ether oxygens (including phenoxy) is 1. The van der Waals surface area contributed by atoms with Gasteiger partial charge in [-0.15, -0.1) is 10.2 Å². The summed E-state index contributed by atoms with van der Waals surface area (Å²) >= 11 is 6.33. The maximum atomic E-state index is 12.9. The predicted octanol–water partition coefficient (Wildman–Crippen LogP) is 3.89. The third-order valence-corrected chi connectivity index (χ3v) is 6.11. The number of nitrogens with zero attached hydrogens (tertiary/aromatic N) is 7. The Bertz CT molecular complexity index is 1180. The third kappa shape index (κ3) is 4.52. The summed E-state index contributed by atoms with van der Waals surface area (Å²) in [6.07, 6.45) is 1.43. The molecule has 1 aromatic carbocycles. The predicted molar refractivity (Wildman–Crippen MR) is 131 cm³/mol. The van der Waals surface area contributed by atoms with Crippen molar-refractivity contribution in [2.75, 3.05) is 36.0 Å². The van der Waals surface area contributed by atoms with Crippen molar-refractivity contribution in [3.63, 3.8) is 0 Å². The number of carbonyl (C=O) groups excluding carboxylic acids is 1. The monoisotopic (exact) mass is 481 g/mol. The highest BCUT2D eigenvalue weighted by Gasteiger charge is 2.31. The van der Waals surface area contributed by atoms with Crippen molar-refractivity contribution in [1.29, 1.82) is 0 Å². The van der Waals surface area contributed by atoms with Crippen LogP contribution in [-0.4, -0.2) is 62.5 Å². The van der Waals surface area contributed by atoms with E-state index in [9.17, 15) is 4.79 Å². The van der Waals surface area contributed by atoms with Crippen molar-refractivity contribution >= 4 is 29.5 Å². The van der Waals surface area contributed by atoms with Crippen molar-refractivity contribution in [2.45, 2.75) is 39.5 Å². The van der Waals surface area contributed by atoms with Gasteiger partial charge in [0.1, 0.15) is 11.4 Å². The van der Waals surface area contributed by atoms with Gasteiger partial charge in [-0.05, 0) is 56.7 Å². The smallest absolute Gasteiger partial charge is 0.411 e. The fraction of sp³-hybridized carbons (Fsp3) is 0.417. The van der Waals surface area contributed by atoms with Crippen molar-refractivity contribution in [2.24, 2.45) is 0 Å². The van der Waals surface area contributed by atoms with Crippen LogP contribution in [0.15, 0.2) is 42.6 Å². The Labute approximate surface area is 203 Å². The van der Waals surface area contributed by atoms with Crippen LogP contribution in [0.25, 0.3) is 5.69 Å². The van der Waals surface area contributed by atoms with Crippen LogP contribution in [0.5, 0.6) is 0 Å². The van der Waals surface area contributed by atoms with Crippen LogP contribution >= 0.6 is 11.6 Å². The number of rotatable bonds is 2. The van der Waals surface area contributed by atoms with Crippen LogP contribution in [0.3, 0.4) is 0 Å². The van der Waals surface area contributed by atoms with Crippen LogP contribution in [0.1, 0.15) is 32.2 Å². The van der Waals surface area contributed by atoms with E-state index in [1.54, 1.807) is 4.90 Å². The summed E-state index contributed by atoms with van der Waals surface area (Å²) in [5.41, 5.74) is 1.26. The molecule has 0 atom stereocenters. The van der Waals surface area contributed by atoms with Gasteiger partial charge in [0, 0.05) is 37.4 Å². The van der Waals surface area contributed by atoms with Crippen LogP contribution in [-0.2, 0) is 17.8 Å². The summed E-state index contributed by atoms with van der Waals surface area (Å²) in [6.45, 7) is 9.48. The molecular weight excluding hydrogens is 454 g/mol. The minimum atomic E-state index is -0.591. The maximum Gasteiger partial charge on any atom is 0.411 e. The normalized spacial score (nSPS) is 16.1. The second-order valence-corrected chi connectivity index (χ2v) is 9.96. The lowest BCUT2D eigenvalue weighted by atomic mass is 10.1. The molecule has 178 valence electrons. The summed E-state index contributed by atoms with van der Waals surface area (Å²) in [6, 6.07) is 11.7. The topological polar surface area (TPSA) is 79.6 Å². The second-order valence-electron chi connectivity index (χ2n) is 9.52. The number of benzene rings is 1. The molecule has 3 aromatic rings. The first-order valence-corrected chi connectivity index (χ1v) is 11.8. The Morgan fingerprint density at radius 3 is 2.47 bits per heavy atom. The first kappa shape index (κ1) is 22.5. The van der Waals surface area contributed by atoms with Gasteiger partial charge in [0.05, 0.1) is 18.8 Å². The SMILES string of the molecule is CC(C)(C)OC(=O)N1Cc2cc(Cl)ccc2-n2c(nnc2N2CCN(c3ccccn3)CC2)C1. The number of aromatic nitrogens is 4. The highest BCUT2D eigenvalue weighted by molar-refractivity contribution is 6.30. The molecule has 0 aliphatic carbocycles. The number of carbonyl (C=O) groups is 1. The molecule has 0 saturated carbocycles. The fourth-order valence-electron chi connectivity index (χ4n) is 4.32. The van der Waals surface area contributed by atoms with Gasteiger partial charge in [-0.3, -0.25) is 9.47 Å². The zero-order valence-corrected chi connectivity index (χ0v) is 20.4. The van der Waals surface area contributed by atoms with E-state index in [1.165, 1.54) is 0 Å². The average Bonchev–Trinajstić information content (AvgIpc) is 3.14. The number of halogens is 1. The molecule has 1 saturated heterocycles. The fourth-order valence-corrected chi connectivity index (χ4v) is 4.52. The third-order valence-electron chi connectivity index (χ3n) is 5.88. The molecule has 2 aliphatic rings. The van der Waals surface area contributed by atoms with Crippen molar-refractivity contribution in [3.05, 3.63) is 59.0 Å². The number of pyridine rings is 1. The van der Waals surface area contributed by atoms with E-state index >= 15 is 0 Å². The van der Waals surface area contributed by atoms with Crippen LogP contribution in [0.4, 0.5) is 16.6 Å². The molecule has 0 N–H and O–H groups in total. The minimum Gasteiger partial charge on any atom is -0.444 e. The van der Waals surface area contributed by atoms with E-state index in [2.05, 4.69) is 25.0 Å². The number of amides is 1. The lowest BCUT2D eigenvalue weighted by Gasteiger charge is -2.35. The van der Waals surface area contributed by atoms with E-state index in [0.717, 1.165) is 49.2 Å². The maximum absolute atomic E-state index is 12.9. The van der Waals surface area contributed by atoms with Crippen molar-refractivity contribution in [3.8, 4) is 5.69 Å². The van der Waals surface area contributed by atoms with E-state index < -0.39 is 5.60 Å². The highest BCUT2D eigenvalue weighted by atomic mass is 35.5. The van der Waals surface area contributed by atoms with Crippen LogP contribution in [0.2, 0.25) is 5.02 Å². The van der Waals surface area contributed by atoms with Gasteiger partial charge in [-0.1, -0.05) is 17.7 Å². The number of piperazine rings is 1. The van der Waals surface area contributed by atoms with Crippen molar-refractivity contribution in [1.82, 2.24) is 24.6 Å². The molecule has 10 heteroatoms. The molecule has 34 heavy (non-hydrogen) atoms. The van der Waals surface area contributed by atoms with Gasteiger partial charge < -0.3 is 14.5 Å². The number of hydrogen-bond donors (Lipinski definition) is 0. The average molecular weight is 482 g/mol. The molecule has 1 fully saturated rings. The minimum absolute atomic E-state index is 0.294. The highest BCUT2D eigenvalue weighted by Crippen LogP contribution is 2.31. The molecule has 2 aromatic heterocycles. The summed E-state index contributed by atoms with van der Waals surface area (Å²) in [4.78, 5) is 23.6. The molecule has 0 spiro atoms. The standard InChI is InChI=1S/C24H28ClN7O2/c1-24(2,3)34-23(33)31-15-17-14-18(25)7-8-19(17)32-21(16-31)27-28-22(32)30-12-10-29(11-13-30)20-6-4-5-9-26-20/h4-9,14H,10-13,15-16H2,1-3H3. The quantitative estimate of drug-likeness (QED) is 0.549. The summed E-state index contributed by atoms with van der Waals surface area (Å²) in [5.74, 6) is 2.44. The van der Waals surface area contributed by atoms with Gasteiger partial charge in [-0.2, -0.15) is 0 Å². The molecule has 0 unspecified atom stereocenters.